The van der Waals surface area contributed by atoms with E-state index in [-0.39, 0.29) is 0 Å². The van der Waals surface area contributed by atoms with Crippen LogP contribution in [0.1, 0.15) is 11.1 Å². The Hall–Kier alpha value is -1.61. The molecular formula is C13H12N2S. The number of aromatic nitrogens is 2. The summed E-state index contributed by atoms with van der Waals surface area (Å²) in [4.78, 5) is 7.97. The van der Waals surface area contributed by atoms with Crippen molar-refractivity contribution in [1.29, 1.82) is 0 Å². The Labute approximate surface area is 98.0 Å². The van der Waals surface area contributed by atoms with Crippen molar-refractivity contribution in [2.75, 3.05) is 0 Å². The average Bonchev–Trinajstić information content (AvgIpc) is 2.86. The molecule has 0 spiro atoms. The van der Waals surface area contributed by atoms with Crippen LogP contribution in [0.4, 0.5) is 0 Å². The number of thiophene rings is 1. The molecule has 2 aromatic heterocycles. The highest BCUT2D eigenvalue weighted by atomic mass is 32.1. The summed E-state index contributed by atoms with van der Waals surface area (Å²) >= 11 is 1.69. The first kappa shape index (κ1) is 9.60. The van der Waals surface area contributed by atoms with Gasteiger partial charge in [-0.1, -0.05) is 0 Å². The van der Waals surface area contributed by atoms with Gasteiger partial charge in [0.2, 0.25) is 0 Å². The minimum absolute atomic E-state index is 0.959. The van der Waals surface area contributed by atoms with Gasteiger partial charge in [0.25, 0.3) is 0 Å². The number of hydrogen-bond acceptors (Lipinski definition) is 2. The highest BCUT2D eigenvalue weighted by Crippen LogP contribution is 2.24. The summed E-state index contributed by atoms with van der Waals surface area (Å²) in [6.07, 6.45) is 0. The van der Waals surface area contributed by atoms with Gasteiger partial charge in [-0.3, -0.25) is 0 Å². The Kier molecular flexibility index (Phi) is 2.07. The molecular weight excluding hydrogens is 216 g/mol. The topological polar surface area (TPSA) is 28.7 Å². The second kappa shape index (κ2) is 3.46. The normalized spacial score (nSPS) is 11.1. The van der Waals surface area contributed by atoms with Crippen LogP contribution in [0.25, 0.3) is 22.4 Å². The lowest BCUT2D eigenvalue weighted by Gasteiger charge is -1.97. The molecule has 80 valence electrons. The zero-order chi connectivity index (χ0) is 11.1. The predicted octanol–water partition coefficient (Wildman–Crippen LogP) is 3.91. The summed E-state index contributed by atoms with van der Waals surface area (Å²) in [6.45, 7) is 4.24. The third-order valence-corrected chi connectivity index (χ3v) is 3.58. The number of nitrogens with one attached hydrogen (secondary N) is 1. The molecule has 1 N–H and O–H groups in total. The third kappa shape index (κ3) is 1.44. The van der Waals surface area contributed by atoms with Crippen molar-refractivity contribution >= 4 is 22.4 Å². The maximum absolute atomic E-state index is 4.61. The number of rotatable bonds is 1. The molecule has 0 saturated carbocycles. The van der Waals surface area contributed by atoms with Crippen LogP contribution in [0.5, 0.6) is 0 Å². The number of fused-ring (bicyclic) bond motifs is 1. The fourth-order valence-electron chi connectivity index (χ4n) is 1.81. The zero-order valence-electron chi connectivity index (χ0n) is 9.24. The number of hydrogen-bond donors (Lipinski definition) is 1. The number of aryl methyl sites for hydroxylation is 2. The van der Waals surface area contributed by atoms with E-state index in [0.717, 1.165) is 22.4 Å². The van der Waals surface area contributed by atoms with Gasteiger partial charge in [-0.15, -0.1) is 0 Å². The van der Waals surface area contributed by atoms with Crippen molar-refractivity contribution in [3.63, 3.8) is 0 Å². The van der Waals surface area contributed by atoms with Crippen molar-refractivity contribution in [1.82, 2.24) is 9.97 Å². The van der Waals surface area contributed by atoms with Crippen LogP contribution < -0.4 is 0 Å². The standard InChI is InChI=1S/C13H12N2S/c1-8-5-11-12(6-9(8)2)15-13(14-11)10-3-4-16-7-10/h3-7H,1-2H3,(H,14,15). The van der Waals surface area contributed by atoms with Crippen LogP contribution in [0.15, 0.2) is 29.0 Å². The van der Waals surface area contributed by atoms with Crippen LogP contribution >= 0.6 is 11.3 Å². The smallest absolute Gasteiger partial charge is 0.139 e. The van der Waals surface area contributed by atoms with Crippen molar-refractivity contribution in [3.05, 3.63) is 40.1 Å². The molecule has 1 aromatic carbocycles. The fourth-order valence-corrected chi connectivity index (χ4v) is 2.45. The number of H-pyrrole nitrogens is 1. The molecule has 0 unspecified atom stereocenters. The average molecular weight is 228 g/mol. The molecule has 0 amide bonds. The van der Waals surface area contributed by atoms with Crippen LogP contribution in [-0.4, -0.2) is 9.97 Å². The van der Waals surface area contributed by atoms with E-state index in [4.69, 9.17) is 0 Å². The summed E-state index contributed by atoms with van der Waals surface area (Å²) < 4.78 is 0. The lowest BCUT2D eigenvalue weighted by Crippen LogP contribution is -1.79. The number of imidazole rings is 1. The van der Waals surface area contributed by atoms with Gasteiger partial charge >= 0.3 is 0 Å². The Morgan fingerprint density at radius 2 is 2.00 bits per heavy atom. The molecule has 0 radical (unpaired) electrons. The highest BCUT2D eigenvalue weighted by molar-refractivity contribution is 7.08. The van der Waals surface area contributed by atoms with Crippen molar-refractivity contribution in [2.24, 2.45) is 0 Å². The Bertz CT molecular complexity index is 596. The zero-order valence-corrected chi connectivity index (χ0v) is 10.1. The molecule has 3 aromatic rings. The van der Waals surface area contributed by atoms with E-state index in [1.165, 1.54) is 11.1 Å². The predicted molar refractivity (Wildman–Crippen MR) is 68.9 cm³/mol. The largest absolute Gasteiger partial charge is 0.338 e. The Balaban J connectivity index is 2.23. The highest BCUT2D eigenvalue weighted by Gasteiger charge is 2.06. The van der Waals surface area contributed by atoms with Gasteiger partial charge in [0.05, 0.1) is 11.0 Å². The van der Waals surface area contributed by atoms with Crippen LogP contribution in [0.3, 0.4) is 0 Å². The van der Waals surface area contributed by atoms with E-state index in [1.807, 2.05) is 0 Å². The van der Waals surface area contributed by atoms with Crippen LogP contribution in [-0.2, 0) is 0 Å². The molecule has 0 aliphatic rings. The van der Waals surface area contributed by atoms with Crippen molar-refractivity contribution in [3.8, 4) is 11.4 Å². The van der Waals surface area contributed by atoms with E-state index in [0.29, 0.717) is 0 Å². The monoisotopic (exact) mass is 228 g/mol. The lowest BCUT2D eigenvalue weighted by atomic mass is 10.1. The molecule has 2 nitrogen and oxygen atoms in total. The molecule has 3 rings (SSSR count). The first-order chi connectivity index (χ1) is 7.74. The van der Waals surface area contributed by atoms with Gasteiger partial charge in [0, 0.05) is 10.9 Å². The fraction of sp³-hybridized carbons (Fsp3) is 0.154. The van der Waals surface area contributed by atoms with Crippen LogP contribution in [0.2, 0.25) is 0 Å². The van der Waals surface area contributed by atoms with Gasteiger partial charge < -0.3 is 4.98 Å². The summed E-state index contributed by atoms with van der Waals surface area (Å²) in [5, 5.41) is 4.18. The van der Waals surface area contributed by atoms with E-state index in [1.54, 1.807) is 11.3 Å². The maximum Gasteiger partial charge on any atom is 0.139 e. The molecule has 2 heterocycles. The van der Waals surface area contributed by atoms with E-state index >= 15 is 0 Å². The molecule has 0 aliphatic carbocycles. The summed E-state index contributed by atoms with van der Waals surface area (Å²) in [5.41, 5.74) is 5.91. The maximum atomic E-state index is 4.61. The minimum atomic E-state index is 0.959. The van der Waals surface area contributed by atoms with Gasteiger partial charge in [0.15, 0.2) is 0 Å². The molecule has 3 heteroatoms. The lowest BCUT2D eigenvalue weighted by molar-refractivity contribution is 1.35. The summed E-state index contributed by atoms with van der Waals surface area (Å²) in [7, 11) is 0. The molecule has 0 saturated heterocycles. The molecule has 0 atom stereocenters. The van der Waals surface area contributed by atoms with E-state index < -0.39 is 0 Å². The van der Waals surface area contributed by atoms with Gasteiger partial charge in [-0.2, -0.15) is 11.3 Å². The third-order valence-electron chi connectivity index (χ3n) is 2.89. The minimum Gasteiger partial charge on any atom is -0.338 e. The molecule has 0 fully saturated rings. The molecule has 0 bridgehead atoms. The number of benzene rings is 1. The summed E-state index contributed by atoms with van der Waals surface area (Å²) in [6, 6.07) is 6.38. The first-order valence-corrected chi connectivity index (χ1v) is 6.18. The SMILES string of the molecule is Cc1cc2nc(-c3ccsc3)[nH]c2cc1C. The van der Waals surface area contributed by atoms with Crippen molar-refractivity contribution in [2.45, 2.75) is 13.8 Å². The molecule has 0 aliphatic heterocycles. The number of aromatic amines is 1. The van der Waals surface area contributed by atoms with Gasteiger partial charge in [-0.05, 0) is 48.6 Å². The van der Waals surface area contributed by atoms with Crippen LogP contribution in [0, 0.1) is 13.8 Å². The number of nitrogens with zero attached hydrogens (tertiary/aromatic N) is 1. The Morgan fingerprint density at radius 3 is 2.75 bits per heavy atom. The van der Waals surface area contributed by atoms with E-state index in [9.17, 15) is 0 Å². The van der Waals surface area contributed by atoms with E-state index in [2.05, 4.69) is 52.8 Å². The van der Waals surface area contributed by atoms with Gasteiger partial charge in [0.1, 0.15) is 5.82 Å². The quantitative estimate of drug-likeness (QED) is 0.672. The van der Waals surface area contributed by atoms with Crippen molar-refractivity contribution < 1.29 is 0 Å². The first-order valence-electron chi connectivity index (χ1n) is 5.23. The second-order valence-electron chi connectivity index (χ2n) is 4.05. The molecule has 16 heavy (non-hydrogen) atoms. The second-order valence-corrected chi connectivity index (χ2v) is 4.83. The summed E-state index contributed by atoms with van der Waals surface area (Å²) in [5.74, 6) is 0.959. The Morgan fingerprint density at radius 1 is 1.19 bits per heavy atom. The van der Waals surface area contributed by atoms with Gasteiger partial charge in [-0.25, -0.2) is 4.98 Å².